The average Bonchev–Trinajstić information content (AvgIpc) is 2.33. The van der Waals surface area contributed by atoms with Crippen molar-refractivity contribution in [2.75, 3.05) is 11.9 Å². The quantitative estimate of drug-likeness (QED) is 0.877. The SMILES string of the molecule is CC1(C(=O)Nc2ccc(Cl)cc2)CCCCN1.Cl. The first-order valence-corrected chi connectivity index (χ1v) is 6.30. The van der Waals surface area contributed by atoms with Crippen LogP contribution in [0.25, 0.3) is 0 Å². The standard InChI is InChI=1S/C13H17ClN2O.ClH/c1-13(8-2-3-9-15-13)12(17)16-11-6-4-10(14)5-7-11;/h4-7,15H,2-3,8-9H2,1H3,(H,16,17);1H. The Kier molecular flexibility index (Phi) is 5.45. The summed E-state index contributed by atoms with van der Waals surface area (Å²) in [5.41, 5.74) is 0.339. The molecule has 1 heterocycles. The van der Waals surface area contributed by atoms with Gasteiger partial charge in [-0.05, 0) is 57.0 Å². The van der Waals surface area contributed by atoms with E-state index >= 15 is 0 Å². The van der Waals surface area contributed by atoms with Gasteiger partial charge in [-0.25, -0.2) is 0 Å². The molecule has 0 spiro atoms. The molecule has 1 unspecified atom stereocenters. The third-order valence-electron chi connectivity index (χ3n) is 3.22. The van der Waals surface area contributed by atoms with Gasteiger partial charge in [0.1, 0.15) is 0 Å². The fraction of sp³-hybridized carbons (Fsp3) is 0.462. The van der Waals surface area contributed by atoms with Crippen LogP contribution >= 0.6 is 24.0 Å². The van der Waals surface area contributed by atoms with Crippen molar-refractivity contribution in [2.24, 2.45) is 0 Å². The molecule has 2 rings (SSSR count). The van der Waals surface area contributed by atoms with Crippen LogP contribution in [0.5, 0.6) is 0 Å². The zero-order valence-electron chi connectivity index (χ0n) is 10.3. The van der Waals surface area contributed by atoms with Crippen molar-refractivity contribution in [3.05, 3.63) is 29.3 Å². The lowest BCUT2D eigenvalue weighted by Crippen LogP contribution is -2.54. The summed E-state index contributed by atoms with van der Waals surface area (Å²) in [6.07, 6.45) is 3.12. The van der Waals surface area contributed by atoms with Crippen molar-refractivity contribution in [3.8, 4) is 0 Å². The van der Waals surface area contributed by atoms with Crippen molar-refractivity contribution in [1.29, 1.82) is 0 Å². The topological polar surface area (TPSA) is 41.1 Å². The fourth-order valence-electron chi connectivity index (χ4n) is 2.05. The van der Waals surface area contributed by atoms with E-state index in [4.69, 9.17) is 11.6 Å². The summed E-state index contributed by atoms with van der Waals surface area (Å²) < 4.78 is 0. The lowest BCUT2D eigenvalue weighted by Gasteiger charge is -2.33. The van der Waals surface area contributed by atoms with Crippen LogP contribution in [0.3, 0.4) is 0 Å². The van der Waals surface area contributed by atoms with Gasteiger partial charge in [0.2, 0.25) is 5.91 Å². The number of amides is 1. The first kappa shape index (κ1) is 15.3. The summed E-state index contributed by atoms with van der Waals surface area (Å²) in [5.74, 6) is 0.0273. The Balaban J connectivity index is 0.00000162. The minimum absolute atomic E-state index is 0. The Morgan fingerprint density at radius 2 is 2.00 bits per heavy atom. The average molecular weight is 289 g/mol. The number of benzene rings is 1. The fourth-order valence-corrected chi connectivity index (χ4v) is 2.18. The lowest BCUT2D eigenvalue weighted by molar-refractivity contribution is -0.122. The molecule has 1 saturated heterocycles. The lowest BCUT2D eigenvalue weighted by atomic mass is 9.90. The van der Waals surface area contributed by atoms with Crippen LogP contribution in [0.1, 0.15) is 26.2 Å². The Labute approximate surface area is 119 Å². The van der Waals surface area contributed by atoms with Gasteiger partial charge in [-0.3, -0.25) is 4.79 Å². The van der Waals surface area contributed by atoms with E-state index in [2.05, 4.69) is 10.6 Å². The summed E-state index contributed by atoms with van der Waals surface area (Å²) in [6.45, 7) is 2.86. The number of nitrogens with one attached hydrogen (secondary N) is 2. The van der Waals surface area contributed by atoms with Crippen LogP contribution in [0.2, 0.25) is 5.02 Å². The molecular formula is C13H18Cl2N2O. The second kappa shape index (κ2) is 6.41. The molecule has 1 amide bonds. The molecule has 0 aromatic heterocycles. The van der Waals surface area contributed by atoms with Gasteiger partial charge in [0, 0.05) is 10.7 Å². The van der Waals surface area contributed by atoms with Crippen LogP contribution < -0.4 is 10.6 Å². The molecule has 0 radical (unpaired) electrons. The summed E-state index contributed by atoms with van der Waals surface area (Å²) in [6, 6.07) is 7.17. The van der Waals surface area contributed by atoms with E-state index in [1.807, 2.05) is 19.1 Å². The number of piperidine rings is 1. The zero-order chi connectivity index (χ0) is 12.3. The molecule has 1 aromatic rings. The highest BCUT2D eigenvalue weighted by atomic mass is 35.5. The maximum absolute atomic E-state index is 12.2. The van der Waals surface area contributed by atoms with Crippen LogP contribution in [0, 0.1) is 0 Å². The molecule has 2 N–H and O–H groups in total. The summed E-state index contributed by atoms with van der Waals surface area (Å²) in [7, 11) is 0. The number of halogens is 2. The van der Waals surface area contributed by atoms with Crippen LogP contribution in [0.4, 0.5) is 5.69 Å². The molecule has 18 heavy (non-hydrogen) atoms. The van der Waals surface area contributed by atoms with E-state index < -0.39 is 5.54 Å². The predicted octanol–water partition coefficient (Wildman–Crippen LogP) is 3.23. The number of carbonyl (C=O) groups excluding carboxylic acids is 1. The van der Waals surface area contributed by atoms with Crippen LogP contribution in [-0.4, -0.2) is 18.0 Å². The highest BCUT2D eigenvalue weighted by molar-refractivity contribution is 6.30. The van der Waals surface area contributed by atoms with Crippen LogP contribution in [-0.2, 0) is 4.79 Å². The van der Waals surface area contributed by atoms with Crippen molar-refractivity contribution >= 4 is 35.6 Å². The Bertz CT molecular complexity index is 400. The number of hydrogen-bond donors (Lipinski definition) is 2. The molecule has 1 aliphatic rings. The Morgan fingerprint density at radius 3 is 2.56 bits per heavy atom. The van der Waals surface area contributed by atoms with E-state index in [-0.39, 0.29) is 18.3 Å². The highest BCUT2D eigenvalue weighted by Crippen LogP contribution is 2.21. The molecule has 0 bridgehead atoms. The second-order valence-corrected chi connectivity index (χ2v) is 5.11. The number of anilines is 1. The molecule has 3 nitrogen and oxygen atoms in total. The van der Waals surface area contributed by atoms with Crippen molar-refractivity contribution in [2.45, 2.75) is 31.7 Å². The van der Waals surface area contributed by atoms with Gasteiger partial charge in [0.15, 0.2) is 0 Å². The number of rotatable bonds is 2. The number of hydrogen-bond acceptors (Lipinski definition) is 2. The van der Waals surface area contributed by atoms with E-state index in [0.29, 0.717) is 5.02 Å². The molecule has 1 fully saturated rings. The van der Waals surface area contributed by atoms with Gasteiger partial charge in [-0.1, -0.05) is 11.6 Å². The van der Waals surface area contributed by atoms with Crippen LogP contribution in [0.15, 0.2) is 24.3 Å². The van der Waals surface area contributed by atoms with Gasteiger partial charge in [-0.2, -0.15) is 0 Å². The van der Waals surface area contributed by atoms with Gasteiger partial charge in [-0.15, -0.1) is 12.4 Å². The first-order valence-electron chi connectivity index (χ1n) is 5.92. The smallest absolute Gasteiger partial charge is 0.244 e. The summed E-state index contributed by atoms with van der Waals surface area (Å²) in [5, 5.41) is 6.88. The minimum atomic E-state index is -0.447. The monoisotopic (exact) mass is 288 g/mol. The molecule has 1 aromatic carbocycles. The maximum atomic E-state index is 12.2. The molecule has 1 aliphatic heterocycles. The van der Waals surface area contributed by atoms with Gasteiger partial charge >= 0.3 is 0 Å². The predicted molar refractivity (Wildman–Crippen MR) is 77.6 cm³/mol. The van der Waals surface area contributed by atoms with Gasteiger partial charge < -0.3 is 10.6 Å². The third-order valence-corrected chi connectivity index (χ3v) is 3.47. The normalized spacial score (nSPS) is 23.0. The zero-order valence-corrected chi connectivity index (χ0v) is 11.9. The summed E-state index contributed by atoms with van der Waals surface area (Å²) in [4.78, 5) is 12.2. The van der Waals surface area contributed by atoms with Crippen molar-refractivity contribution in [3.63, 3.8) is 0 Å². The molecular weight excluding hydrogens is 271 g/mol. The molecule has 1 atom stereocenters. The summed E-state index contributed by atoms with van der Waals surface area (Å²) >= 11 is 5.80. The second-order valence-electron chi connectivity index (χ2n) is 4.68. The third kappa shape index (κ3) is 3.61. The van der Waals surface area contributed by atoms with E-state index in [1.165, 1.54) is 0 Å². The highest BCUT2D eigenvalue weighted by Gasteiger charge is 2.34. The largest absolute Gasteiger partial charge is 0.324 e. The van der Waals surface area contributed by atoms with E-state index in [9.17, 15) is 4.79 Å². The molecule has 5 heteroatoms. The Morgan fingerprint density at radius 1 is 1.33 bits per heavy atom. The van der Waals surface area contributed by atoms with Gasteiger partial charge in [0.25, 0.3) is 0 Å². The molecule has 100 valence electrons. The van der Waals surface area contributed by atoms with E-state index in [1.54, 1.807) is 12.1 Å². The van der Waals surface area contributed by atoms with Crippen molar-refractivity contribution in [1.82, 2.24) is 5.32 Å². The molecule has 0 aliphatic carbocycles. The van der Waals surface area contributed by atoms with Crippen molar-refractivity contribution < 1.29 is 4.79 Å². The number of carbonyl (C=O) groups is 1. The van der Waals surface area contributed by atoms with Gasteiger partial charge in [0.05, 0.1) is 5.54 Å². The van der Waals surface area contributed by atoms with E-state index in [0.717, 1.165) is 31.5 Å². The molecule has 0 saturated carbocycles. The maximum Gasteiger partial charge on any atom is 0.244 e. The first-order chi connectivity index (χ1) is 8.10. The minimum Gasteiger partial charge on any atom is -0.324 e. The Hall–Kier alpha value is -0.770.